The van der Waals surface area contributed by atoms with Crippen LogP contribution in [0.2, 0.25) is 0 Å². The van der Waals surface area contributed by atoms with Crippen LogP contribution >= 0.6 is 0 Å². The van der Waals surface area contributed by atoms with Gasteiger partial charge in [-0.25, -0.2) is 0 Å². The molecule has 0 amide bonds. The van der Waals surface area contributed by atoms with Crippen molar-refractivity contribution >= 4 is 43.1 Å². The fourth-order valence-corrected chi connectivity index (χ4v) is 20.9. The van der Waals surface area contributed by atoms with Gasteiger partial charge in [-0.3, -0.25) is 0 Å². The molecule has 0 fully saturated rings. The highest BCUT2D eigenvalue weighted by molar-refractivity contribution is 6.05. The molecule has 120 heavy (non-hydrogen) atoms. The van der Waals surface area contributed by atoms with Crippen molar-refractivity contribution in [1.29, 1.82) is 0 Å². The molecule has 0 heteroatoms. The summed E-state index contributed by atoms with van der Waals surface area (Å²) in [7, 11) is 0. The SMILES string of the molecule is CC(C)(C)c1ccc(-c2cc3ccccc3cc2-c2ccc(-c3cc4ccccc4cc3-c3ccc(C(C)(C)C)cc3)c3c2C2c4ccccc4C3c3ccccc32)cc1.CC(C)(C)c1ccc(-c2cc3ccccc3cc2-c2ccc(-c3cc4ccccc4cc3-c3ccc(C(C)(C)C)cc3)c3c2C2c4ccccc4C3c3ccccc32)cc1. The summed E-state index contributed by atoms with van der Waals surface area (Å²) < 4.78 is 0. The Morgan fingerprint density at radius 2 is 0.283 bits per heavy atom. The first-order chi connectivity index (χ1) is 58.1. The van der Waals surface area contributed by atoms with Crippen molar-refractivity contribution in [3.63, 3.8) is 0 Å². The third kappa shape index (κ3) is 12.5. The first kappa shape index (κ1) is 74.5. The van der Waals surface area contributed by atoms with E-state index in [1.54, 1.807) is 0 Å². The van der Waals surface area contributed by atoms with E-state index < -0.39 is 0 Å². The Labute approximate surface area is 708 Å². The molecule has 6 aliphatic carbocycles. The Kier molecular flexibility index (Phi) is 17.6. The molecule has 0 heterocycles. The Bertz CT molecular complexity index is 6200. The lowest BCUT2D eigenvalue weighted by atomic mass is 9.58. The van der Waals surface area contributed by atoms with E-state index in [4.69, 9.17) is 0 Å². The summed E-state index contributed by atoms with van der Waals surface area (Å²) in [4.78, 5) is 0. The van der Waals surface area contributed by atoms with Crippen molar-refractivity contribution in [3.05, 3.63) is 453 Å². The quantitative estimate of drug-likeness (QED) is 0.142. The summed E-state index contributed by atoms with van der Waals surface area (Å²) in [5.41, 5.74) is 43.5. The lowest BCUT2D eigenvalue weighted by Crippen LogP contribution is -2.28. The van der Waals surface area contributed by atoms with Crippen LogP contribution in [0.4, 0.5) is 0 Å². The van der Waals surface area contributed by atoms with Crippen molar-refractivity contribution in [3.8, 4) is 89.0 Å². The highest BCUT2D eigenvalue weighted by Gasteiger charge is 2.47. The van der Waals surface area contributed by atoms with Crippen molar-refractivity contribution in [2.24, 2.45) is 0 Å². The van der Waals surface area contributed by atoms with Gasteiger partial charge < -0.3 is 0 Å². The summed E-state index contributed by atoms with van der Waals surface area (Å²) in [6.07, 6.45) is 0. The van der Waals surface area contributed by atoms with Crippen LogP contribution in [0.25, 0.3) is 132 Å². The number of hydrogen-bond acceptors (Lipinski definition) is 0. The molecule has 4 bridgehead atoms. The summed E-state index contributed by atoms with van der Waals surface area (Å²) in [5, 5.41) is 10.1. The second-order valence-corrected chi connectivity index (χ2v) is 38.5. The van der Waals surface area contributed by atoms with Crippen LogP contribution in [0.1, 0.15) is 196 Å². The maximum Gasteiger partial charge on any atom is 0.0355 e. The van der Waals surface area contributed by atoms with E-state index in [1.807, 2.05) is 0 Å². The standard InChI is InChI=1S/2C60H50/c2*1-59(2,3)43-27-23-37(24-28-43)51-33-39-15-7-9-17-41(39)35-53(51)49-31-32-50(58-56-47-21-13-11-19-45(47)55(57(49)58)46-20-12-14-22-48(46)56)54-36-42-18-10-8-16-40(42)34-52(54)38-25-29-44(30-26-38)60(4,5)6/h2*7-36,55-56H,1-6H3. The fourth-order valence-electron chi connectivity index (χ4n) is 20.9. The van der Waals surface area contributed by atoms with Crippen molar-refractivity contribution < 1.29 is 0 Å². The minimum atomic E-state index is 0.0793. The Balaban J connectivity index is 0.000000148. The van der Waals surface area contributed by atoms with Crippen molar-refractivity contribution in [1.82, 2.24) is 0 Å². The van der Waals surface area contributed by atoms with Gasteiger partial charge in [-0.05, 0) is 291 Å². The maximum absolute atomic E-state index is 2.47. The van der Waals surface area contributed by atoms with Crippen molar-refractivity contribution in [2.45, 2.75) is 128 Å². The van der Waals surface area contributed by atoms with Gasteiger partial charge in [0.25, 0.3) is 0 Å². The molecule has 0 saturated heterocycles. The van der Waals surface area contributed by atoms with Crippen LogP contribution in [0.15, 0.2) is 364 Å². The van der Waals surface area contributed by atoms with Crippen LogP contribution in [0.5, 0.6) is 0 Å². The average Bonchev–Trinajstić information content (AvgIpc) is 0.690. The molecule has 0 aliphatic heterocycles. The lowest BCUT2D eigenvalue weighted by molar-refractivity contribution is 0.590. The predicted molar refractivity (Wildman–Crippen MR) is 511 cm³/mol. The molecular formula is C120H100. The Morgan fingerprint density at radius 3 is 0.433 bits per heavy atom. The summed E-state index contributed by atoms with van der Waals surface area (Å²) in [6.45, 7) is 27.5. The molecule has 0 atom stereocenters. The van der Waals surface area contributed by atoms with E-state index in [-0.39, 0.29) is 45.3 Å². The van der Waals surface area contributed by atoms with E-state index in [0.29, 0.717) is 0 Å². The molecule has 0 nitrogen and oxygen atoms in total. The Morgan fingerprint density at radius 1 is 0.142 bits per heavy atom. The highest BCUT2D eigenvalue weighted by atomic mass is 14.5. The van der Waals surface area contributed by atoms with E-state index in [0.717, 1.165) is 0 Å². The molecule has 18 aromatic rings. The maximum atomic E-state index is 2.47. The number of hydrogen-bond donors (Lipinski definition) is 0. The van der Waals surface area contributed by atoms with Crippen LogP contribution in [-0.4, -0.2) is 0 Å². The molecule has 0 N–H and O–H groups in total. The van der Waals surface area contributed by atoms with Crippen molar-refractivity contribution in [2.75, 3.05) is 0 Å². The molecule has 580 valence electrons. The largest absolute Gasteiger partial charge is 0.0619 e. The van der Waals surface area contributed by atoms with Gasteiger partial charge in [-0.15, -0.1) is 0 Å². The Hall–Kier alpha value is -13.0. The summed E-state index contributed by atoms with van der Waals surface area (Å²) >= 11 is 0. The molecule has 24 rings (SSSR count). The van der Waals surface area contributed by atoms with E-state index in [9.17, 15) is 0 Å². The zero-order chi connectivity index (χ0) is 81.8. The summed E-state index contributed by atoms with van der Waals surface area (Å²) in [5.74, 6) is 0.407. The highest BCUT2D eigenvalue weighted by Crippen LogP contribution is 2.64. The van der Waals surface area contributed by atoms with E-state index in [2.05, 4.69) is 447 Å². The number of fused-ring (bicyclic) bond motifs is 4. The van der Waals surface area contributed by atoms with Gasteiger partial charge in [0.1, 0.15) is 0 Å². The zero-order valence-corrected chi connectivity index (χ0v) is 71.0. The van der Waals surface area contributed by atoms with E-state index >= 15 is 0 Å². The fraction of sp³-hybridized carbons (Fsp3) is 0.167. The topological polar surface area (TPSA) is 0 Å². The molecule has 0 saturated carbocycles. The third-order valence-corrected chi connectivity index (χ3v) is 27.2. The molecule has 18 aromatic carbocycles. The molecule has 0 aromatic heterocycles. The summed E-state index contributed by atoms with van der Waals surface area (Å²) in [6, 6.07) is 139. The van der Waals surface area contributed by atoms with Gasteiger partial charge in [0, 0.05) is 23.7 Å². The zero-order valence-electron chi connectivity index (χ0n) is 71.0. The van der Waals surface area contributed by atoms with E-state index in [1.165, 1.54) is 221 Å². The third-order valence-electron chi connectivity index (χ3n) is 27.2. The second-order valence-electron chi connectivity index (χ2n) is 38.5. The second kappa shape index (κ2) is 28.4. The minimum Gasteiger partial charge on any atom is -0.0619 e. The number of rotatable bonds is 8. The van der Waals surface area contributed by atoms with Crippen LogP contribution in [0, 0.1) is 0 Å². The first-order valence-corrected chi connectivity index (χ1v) is 43.3. The lowest BCUT2D eigenvalue weighted by Gasteiger charge is -2.44. The predicted octanol–water partition coefficient (Wildman–Crippen LogP) is 32.5. The van der Waals surface area contributed by atoms with Gasteiger partial charge >= 0.3 is 0 Å². The smallest absolute Gasteiger partial charge is 0.0355 e. The van der Waals surface area contributed by atoms with Gasteiger partial charge in [-0.2, -0.15) is 0 Å². The normalized spacial score (nSPS) is 15.5. The van der Waals surface area contributed by atoms with Gasteiger partial charge in [-0.1, -0.05) is 399 Å². The molecule has 0 spiro atoms. The van der Waals surface area contributed by atoms with Crippen LogP contribution < -0.4 is 0 Å². The molecule has 6 aliphatic rings. The van der Waals surface area contributed by atoms with Crippen LogP contribution in [0.3, 0.4) is 0 Å². The monoisotopic (exact) mass is 1540 g/mol. The first-order valence-electron chi connectivity index (χ1n) is 43.3. The molecule has 0 unspecified atom stereocenters. The van der Waals surface area contributed by atoms with Gasteiger partial charge in [0.2, 0.25) is 0 Å². The minimum absolute atomic E-state index is 0.0793. The number of benzene rings is 18. The molecular weight excluding hydrogens is 1440 g/mol. The molecule has 0 radical (unpaired) electrons. The van der Waals surface area contributed by atoms with Crippen LogP contribution in [-0.2, 0) is 21.7 Å². The van der Waals surface area contributed by atoms with Gasteiger partial charge in [0.05, 0.1) is 0 Å². The average molecular weight is 1540 g/mol. The van der Waals surface area contributed by atoms with Gasteiger partial charge in [0.15, 0.2) is 0 Å².